The van der Waals surface area contributed by atoms with Crippen molar-refractivity contribution in [2.75, 3.05) is 18.4 Å². The summed E-state index contributed by atoms with van der Waals surface area (Å²) in [6.45, 7) is 5.12. The highest BCUT2D eigenvalue weighted by molar-refractivity contribution is 6.34. The molecule has 1 heterocycles. The van der Waals surface area contributed by atoms with Gasteiger partial charge in [0, 0.05) is 31.2 Å². The standard InChI is InChI=1S/C18H26ClN3O2.ClH/c1-12(2)9-17(23)21-13-6-7-16(19)15(10-13)18(24)22-8-4-3-5-14(22)11-20;/h6-7,10,12,14H,3-5,8-9,11,20H2,1-2H3,(H,21,23);1H. The molecule has 140 valence electrons. The predicted molar refractivity (Wildman–Crippen MR) is 105 cm³/mol. The van der Waals surface area contributed by atoms with E-state index in [0.717, 1.165) is 19.3 Å². The zero-order chi connectivity index (χ0) is 17.7. The molecule has 1 aromatic carbocycles. The molecule has 2 rings (SSSR count). The fourth-order valence-corrected chi connectivity index (χ4v) is 3.22. The Balaban J connectivity index is 0.00000312. The smallest absolute Gasteiger partial charge is 0.255 e. The Morgan fingerprint density at radius 1 is 1.36 bits per heavy atom. The van der Waals surface area contributed by atoms with Gasteiger partial charge in [-0.3, -0.25) is 9.59 Å². The van der Waals surface area contributed by atoms with Gasteiger partial charge < -0.3 is 16.0 Å². The largest absolute Gasteiger partial charge is 0.334 e. The predicted octanol–water partition coefficient (Wildman–Crippen LogP) is 3.70. The Morgan fingerprint density at radius 3 is 2.72 bits per heavy atom. The molecular formula is C18H27Cl2N3O2. The third-order valence-corrected chi connectivity index (χ3v) is 4.56. The SMILES string of the molecule is CC(C)CC(=O)Nc1ccc(Cl)c(C(=O)N2CCCCC2CN)c1.Cl. The highest BCUT2D eigenvalue weighted by atomic mass is 35.5. The van der Waals surface area contributed by atoms with Crippen LogP contribution in [0.25, 0.3) is 0 Å². The molecule has 1 atom stereocenters. The van der Waals surface area contributed by atoms with Crippen LogP contribution in [0.4, 0.5) is 5.69 Å². The summed E-state index contributed by atoms with van der Waals surface area (Å²) in [5, 5.41) is 3.22. The van der Waals surface area contributed by atoms with E-state index in [2.05, 4.69) is 5.32 Å². The summed E-state index contributed by atoms with van der Waals surface area (Å²) in [5.74, 6) is 0.0932. The number of halogens is 2. The molecule has 2 amide bonds. The first-order chi connectivity index (χ1) is 11.4. The molecule has 1 aliphatic rings. The van der Waals surface area contributed by atoms with E-state index in [0.29, 0.717) is 35.8 Å². The summed E-state index contributed by atoms with van der Waals surface area (Å²) in [5.41, 5.74) is 6.81. The van der Waals surface area contributed by atoms with Crippen molar-refractivity contribution in [1.29, 1.82) is 0 Å². The number of amides is 2. The minimum absolute atomic E-state index is 0. The molecule has 1 fully saturated rings. The second kappa shape index (κ2) is 10.00. The first kappa shape index (κ1) is 21.7. The average Bonchev–Trinajstić information content (AvgIpc) is 2.55. The third-order valence-electron chi connectivity index (χ3n) is 4.23. The summed E-state index contributed by atoms with van der Waals surface area (Å²) in [4.78, 5) is 26.6. The van der Waals surface area contributed by atoms with Gasteiger partial charge in [-0.05, 0) is 43.4 Å². The number of carbonyl (C=O) groups excluding carboxylic acids is 2. The van der Waals surface area contributed by atoms with Crippen molar-refractivity contribution < 1.29 is 9.59 Å². The second-order valence-corrected chi connectivity index (χ2v) is 7.13. The Kier molecular flexibility index (Phi) is 8.69. The van der Waals surface area contributed by atoms with Crippen LogP contribution in [-0.2, 0) is 4.79 Å². The number of piperidine rings is 1. The number of nitrogens with one attached hydrogen (secondary N) is 1. The molecule has 3 N–H and O–H groups in total. The zero-order valence-corrected chi connectivity index (χ0v) is 16.3. The number of hydrogen-bond donors (Lipinski definition) is 2. The van der Waals surface area contributed by atoms with Gasteiger partial charge in [-0.2, -0.15) is 0 Å². The lowest BCUT2D eigenvalue weighted by molar-refractivity contribution is -0.116. The minimum atomic E-state index is -0.116. The first-order valence-electron chi connectivity index (χ1n) is 8.52. The highest BCUT2D eigenvalue weighted by Crippen LogP contribution is 2.26. The summed E-state index contributed by atoms with van der Waals surface area (Å²) in [6.07, 6.45) is 3.42. The van der Waals surface area contributed by atoms with E-state index in [1.807, 2.05) is 18.7 Å². The number of carbonyl (C=O) groups is 2. The van der Waals surface area contributed by atoms with Crippen molar-refractivity contribution in [3.8, 4) is 0 Å². The van der Waals surface area contributed by atoms with Crippen LogP contribution < -0.4 is 11.1 Å². The minimum Gasteiger partial charge on any atom is -0.334 e. The van der Waals surface area contributed by atoms with E-state index in [-0.39, 0.29) is 36.2 Å². The van der Waals surface area contributed by atoms with Crippen LogP contribution in [0.2, 0.25) is 5.02 Å². The lowest BCUT2D eigenvalue weighted by Crippen LogP contribution is -2.47. The van der Waals surface area contributed by atoms with Gasteiger partial charge in [-0.25, -0.2) is 0 Å². The molecule has 0 radical (unpaired) electrons. The van der Waals surface area contributed by atoms with Gasteiger partial charge in [0.25, 0.3) is 5.91 Å². The van der Waals surface area contributed by atoms with Crippen molar-refractivity contribution in [1.82, 2.24) is 4.90 Å². The van der Waals surface area contributed by atoms with E-state index in [1.54, 1.807) is 18.2 Å². The maximum absolute atomic E-state index is 12.9. The molecule has 1 aliphatic heterocycles. The van der Waals surface area contributed by atoms with E-state index >= 15 is 0 Å². The van der Waals surface area contributed by atoms with Crippen molar-refractivity contribution in [2.24, 2.45) is 11.7 Å². The molecule has 1 unspecified atom stereocenters. The molecule has 0 saturated carbocycles. The number of benzene rings is 1. The molecule has 25 heavy (non-hydrogen) atoms. The fourth-order valence-electron chi connectivity index (χ4n) is 3.02. The van der Waals surface area contributed by atoms with Gasteiger partial charge in [-0.1, -0.05) is 25.4 Å². The number of rotatable bonds is 5. The van der Waals surface area contributed by atoms with Crippen LogP contribution in [-0.4, -0.2) is 35.8 Å². The highest BCUT2D eigenvalue weighted by Gasteiger charge is 2.27. The van der Waals surface area contributed by atoms with Crippen molar-refractivity contribution in [2.45, 2.75) is 45.6 Å². The number of hydrogen-bond acceptors (Lipinski definition) is 3. The van der Waals surface area contributed by atoms with Gasteiger partial charge in [0.1, 0.15) is 0 Å². The molecule has 1 aromatic rings. The maximum atomic E-state index is 12.9. The third kappa shape index (κ3) is 5.87. The monoisotopic (exact) mass is 387 g/mol. The molecule has 0 spiro atoms. The summed E-state index contributed by atoms with van der Waals surface area (Å²) >= 11 is 6.23. The quantitative estimate of drug-likeness (QED) is 0.808. The van der Waals surface area contributed by atoms with Gasteiger partial charge in [0.15, 0.2) is 0 Å². The number of anilines is 1. The Bertz CT molecular complexity index is 608. The van der Waals surface area contributed by atoms with Crippen molar-refractivity contribution >= 4 is 41.5 Å². The van der Waals surface area contributed by atoms with E-state index < -0.39 is 0 Å². The number of likely N-dealkylation sites (tertiary alicyclic amines) is 1. The Labute approximate surface area is 160 Å². The molecule has 0 bridgehead atoms. The topological polar surface area (TPSA) is 75.4 Å². The van der Waals surface area contributed by atoms with E-state index in [9.17, 15) is 9.59 Å². The second-order valence-electron chi connectivity index (χ2n) is 6.72. The fraction of sp³-hybridized carbons (Fsp3) is 0.556. The van der Waals surface area contributed by atoms with Gasteiger partial charge in [0.2, 0.25) is 5.91 Å². The van der Waals surface area contributed by atoms with Crippen LogP contribution in [0, 0.1) is 5.92 Å². The lowest BCUT2D eigenvalue weighted by Gasteiger charge is -2.35. The summed E-state index contributed by atoms with van der Waals surface area (Å²) in [7, 11) is 0. The summed E-state index contributed by atoms with van der Waals surface area (Å²) in [6, 6.07) is 5.08. The Morgan fingerprint density at radius 2 is 2.08 bits per heavy atom. The molecular weight excluding hydrogens is 361 g/mol. The molecule has 7 heteroatoms. The van der Waals surface area contributed by atoms with Crippen LogP contribution in [0.15, 0.2) is 18.2 Å². The van der Waals surface area contributed by atoms with Gasteiger partial charge >= 0.3 is 0 Å². The molecule has 5 nitrogen and oxygen atoms in total. The summed E-state index contributed by atoms with van der Waals surface area (Å²) < 4.78 is 0. The molecule has 0 aliphatic carbocycles. The van der Waals surface area contributed by atoms with Gasteiger partial charge in [-0.15, -0.1) is 12.4 Å². The number of nitrogens with zero attached hydrogens (tertiary/aromatic N) is 1. The average molecular weight is 388 g/mol. The van der Waals surface area contributed by atoms with E-state index in [4.69, 9.17) is 17.3 Å². The maximum Gasteiger partial charge on any atom is 0.255 e. The van der Waals surface area contributed by atoms with E-state index in [1.165, 1.54) is 0 Å². The zero-order valence-electron chi connectivity index (χ0n) is 14.8. The van der Waals surface area contributed by atoms with Crippen molar-refractivity contribution in [3.05, 3.63) is 28.8 Å². The van der Waals surface area contributed by atoms with Crippen LogP contribution >= 0.6 is 24.0 Å². The van der Waals surface area contributed by atoms with Crippen LogP contribution in [0.1, 0.15) is 49.9 Å². The normalized spacial score (nSPS) is 17.2. The van der Waals surface area contributed by atoms with Crippen LogP contribution in [0.3, 0.4) is 0 Å². The lowest BCUT2D eigenvalue weighted by atomic mass is 10.0. The number of nitrogens with two attached hydrogens (primary N) is 1. The Hall–Kier alpha value is -1.30. The molecule has 1 saturated heterocycles. The first-order valence-corrected chi connectivity index (χ1v) is 8.90. The molecule has 0 aromatic heterocycles. The van der Waals surface area contributed by atoms with Gasteiger partial charge in [0.05, 0.1) is 10.6 Å². The van der Waals surface area contributed by atoms with Crippen LogP contribution in [0.5, 0.6) is 0 Å². The van der Waals surface area contributed by atoms with Crippen molar-refractivity contribution in [3.63, 3.8) is 0 Å².